The minimum atomic E-state index is -0.537. The maximum Gasteiger partial charge on any atom is 0.410 e. The Morgan fingerprint density at radius 1 is 1.03 bits per heavy atom. The zero-order valence-corrected chi connectivity index (χ0v) is 18.8. The summed E-state index contributed by atoms with van der Waals surface area (Å²) in [7, 11) is 0. The third-order valence-corrected chi connectivity index (χ3v) is 6.58. The zero-order chi connectivity index (χ0) is 22.6. The van der Waals surface area contributed by atoms with Gasteiger partial charge in [-0.1, -0.05) is 48.5 Å². The van der Waals surface area contributed by atoms with Crippen molar-refractivity contribution >= 4 is 39.2 Å². The number of anilines is 1. The number of likely N-dealkylation sites (tertiary alicyclic amines) is 1. The molecule has 33 heavy (non-hydrogen) atoms. The van der Waals surface area contributed by atoms with Crippen LogP contribution in [0, 0.1) is 0 Å². The molecular weight excluding hydrogens is 434 g/mol. The van der Waals surface area contributed by atoms with Gasteiger partial charge in [-0.2, -0.15) is 0 Å². The molecule has 0 aliphatic carbocycles. The smallest absolute Gasteiger partial charge is 0.410 e. The molecule has 4 aromatic rings. The van der Waals surface area contributed by atoms with E-state index in [4.69, 9.17) is 4.74 Å². The third kappa shape index (κ3) is 4.73. The molecule has 0 radical (unpaired) electrons. The lowest BCUT2D eigenvalue weighted by atomic mass is 10.0. The summed E-state index contributed by atoms with van der Waals surface area (Å²) in [5, 5.41) is 2.99. The van der Waals surface area contributed by atoms with Crippen LogP contribution in [0.5, 0.6) is 0 Å². The lowest BCUT2D eigenvalue weighted by Gasteiger charge is -2.23. The predicted molar refractivity (Wildman–Crippen MR) is 130 cm³/mol. The molecule has 6 nitrogen and oxygen atoms in total. The van der Waals surface area contributed by atoms with Crippen molar-refractivity contribution in [2.75, 3.05) is 11.9 Å². The van der Waals surface area contributed by atoms with Crippen LogP contribution in [0.25, 0.3) is 21.3 Å². The van der Waals surface area contributed by atoms with Gasteiger partial charge in [-0.15, -0.1) is 11.3 Å². The standard InChI is InChI=1S/C26H23N3O3S/c30-25(23-10-5-13-29(23)26(31)32-16-18-6-2-1-3-7-18)28-21-9-4-8-19(14-21)20-11-12-22-24(15-20)33-17-27-22/h1-4,6-9,11-12,14-15,17,23H,5,10,13,16H2,(H,28,30). The van der Waals surface area contributed by atoms with Crippen LogP contribution in [0.2, 0.25) is 0 Å². The summed E-state index contributed by atoms with van der Waals surface area (Å²) in [5.41, 5.74) is 6.51. The van der Waals surface area contributed by atoms with Gasteiger partial charge < -0.3 is 10.1 Å². The molecule has 2 heterocycles. The molecule has 1 atom stereocenters. The van der Waals surface area contributed by atoms with E-state index in [1.54, 1.807) is 11.3 Å². The summed E-state index contributed by atoms with van der Waals surface area (Å²) in [6, 6.07) is 22.9. The van der Waals surface area contributed by atoms with Crippen molar-refractivity contribution in [3.05, 3.63) is 83.9 Å². The van der Waals surface area contributed by atoms with Gasteiger partial charge in [-0.3, -0.25) is 9.69 Å². The summed E-state index contributed by atoms with van der Waals surface area (Å²) in [6.45, 7) is 0.706. The average Bonchev–Trinajstić information content (AvgIpc) is 3.53. The summed E-state index contributed by atoms with van der Waals surface area (Å²) in [4.78, 5) is 31.5. The number of thiazole rings is 1. The molecule has 1 fully saturated rings. The fourth-order valence-corrected chi connectivity index (χ4v) is 4.81. The second-order valence-electron chi connectivity index (χ2n) is 8.00. The number of carbonyl (C=O) groups excluding carboxylic acids is 2. The highest BCUT2D eigenvalue weighted by molar-refractivity contribution is 7.16. The van der Waals surface area contributed by atoms with Gasteiger partial charge in [0, 0.05) is 12.2 Å². The number of benzene rings is 3. The van der Waals surface area contributed by atoms with E-state index >= 15 is 0 Å². The van der Waals surface area contributed by atoms with E-state index in [0.29, 0.717) is 18.7 Å². The first kappa shape index (κ1) is 21.2. The van der Waals surface area contributed by atoms with Crippen LogP contribution in [0.15, 0.2) is 78.3 Å². The Bertz CT molecular complexity index is 1290. The van der Waals surface area contributed by atoms with Crippen LogP contribution in [0.1, 0.15) is 18.4 Å². The number of carbonyl (C=O) groups is 2. The summed E-state index contributed by atoms with van der Waals surface area (Å²) < 4.78 is 6.57. The van der Waals surface area contributed by atoms with Gasteiger partial charge in [0.15, 0.2) is 0 Å². The molecule has 7 heteroatoms. The lowest BCUT2D eigenvalue weighted by molar-refractivity contribution is -0.120. The van der Waals surface area contributed by atoms with Crippen molar-refractivity contribution in [3.63, 3.8) is 0 Å². The molecule has 1 N–H and O–H groups in total. The number of hydrogen-bond acceptors (Lipinski definition) is 5. The number of fused-ring (bicyclic) bond motifs is 1. The second-order valence-corrected chi connectivity index (χ2v) is 8.88. The van der Waals surface area contributed by atoms with E-state index in [1.165, 1.54) is 4.90 Å². The number of amides is 2. The van der Waals surface area contributed by atoms with Gasteiger partial charge in [0.2, 0.25) is 5.91 Å². The van der Waals surface area contributed by atoms with Crippen LogP contribution in [0.4, 0.5) is 10.5 Å². The summed E-state index contributed by atoms with van der Waals surface area (Å²) >= 11 is 1.60. The minimum absolute atomic E-state index is 0.191. The van der Waals surface area contributed by atoms with Crippen molar-refractivity contribution in [2.45, 2.75) is 25.5 Å². The summed E-state index contributed by atoms with van der Waals surface area (Å²) in [6.07, 6.45) is 0.935. The zero-order valence-electron chi connectivity index (χ0n) is 17.9. The molecule has 1 aliphatic heterocycles. The quantitative estimate of drug-likeness (QED) is 0.417. The molecule has 3 aromatic carbocycles. The molecule has 1 saturated heterocycles. The Morgan fingerprint density at radius 3 is 2.76 bits per heavy atom. The van der Waals surface area contributed by atoms with Crippen LogP contribution >= 0.6 is 11.3 Å². The van der Waals surface area contributed by atoms with Gasteiger partial charge in [-0.25, -0.2) is 9.78 Å². The Hall–Kier alpha value is -3.71. The van der Waals surface area contributed by atoms with E-state index in [0.717, 1.165) is 33.3 Å². The predicted octanol–water partition coefficient (Wildman–Crippen LogP) is 5.70. The second kappa shape index (κ2) is 9.42. The number of ether oxygens (including phenoxy) is 1. The molecule has 1 aromatic heterocycles. The first-order valence-corrected chi connectivity index (χ1v) is 11.8. The van der Waals surface area contributed by atoms with Crippen LogP contribution in [-0.4, -0.2) is 34.5 Å². The van der Waals surface area contributed by atoms with Crippen LogP contribution < -0.4 is 5.32 Å². The third-order valence-electron chi connectivity index (χ3n) is 5.79. The van der Waals surface area contributed by atoms with E-state index in [1.807, 2.05) is 72.2 Å². The Kier molecular flexibility index (Phi) is 6.04. The van der Waals surface area contributed by atoms with E-state index in [9.17, 15) is 9.59 Å². The van der Waals surface area contributed by atoms with Crippen molar-refractivity contribution in [1.29, 1.82) is 0 Å². The van der Waals surface area contributed by atoms with Crippen LogP contribution in [-0.2, 0) is 16.1 Å². The Balaban J connectivity index is 1.25. The highest BCUT2D eigenvalue weighted by atomic mass is 32.1. The van der Waals surface area contributed by atoms with Crippen molar-refractivity contribution in [2.24, 2.45) is 0 Å². The van der Waals surface area contributed by atoms with Gasteiger partial charge in [0.05, 0.1) is 15.7 Å². The lowest BCUT2D eigenvalue weighted by Crippen LogP contribution is -2.43. The molecule has 2 amide bonds. The number of aromatic nitrogens is 1. The first-order chi connectivity index (χ1) is 16.2. The number of rotatable bonds is 5. The van der Waals surface area contributed by atoms with Gasteiger partial charge in [0.25, 0.3) is 0 Å². The number of nitrogens with one attached hydrogen (secondary N) is 1. The topological polar surface area (TPSA) is 71.5 Å². The van der Waals surface area contributed by atoms with Gasteiger partial charge in [0.1, 0.15) is 12.6 Å². The first-order valence-electron chi connectivity index (χ1n) is 10.9. The molecule has 5 rings (SSSR count). The molecule has 0 saturated carbocycles. The van der Waals surface area contributed by atoms with E-state index in [2.05, 4.69) is 16.4 Å². The van der Waals surface area contributed by atoms with Crippen molar-refractivity contribution < 1.29 is 14.3 Å². The monoisotopic (exact) mass is 457 g/mol. The molecule has 0 bridgehead atoms. The number of nitrogens with zero attached hydrogens (tertiary/aromatic N) is 2. The SMILES string of the molecule is O=C(Nc1cccc(-c2ccc3ncsc3c2)c1)C1CCCN1C(=O)OCc1ccccc1. The Morgan fingerprint density at radius 2 is 1.88 bits per heavy atom. The molecular formula is C26H23N3O3S. The fraction of sp³-hybridized carbons (Fsp3) is 0.192. The van der Waals surface area contributed by atoms with E-state index in [-0.39, 0.29) is 12.5 Å². The fourth-order valence-electron chi connectivity index (χ4n) is 4.10. The molecule has 0 spiro atoms. The van der Waals surface area contributed by atoms with Gasteiger partial charge in [-0.05, 0) is 53.8 Å². The molecule has 1 aliphatic rings. The van der Waals surface area contributed by atoms with Crippen molar-refractivity contribution in [1.82, 2.24) is 9.88 Å². The highest BCUT2D eigenvalue weighted by Gasteiger charge is 2.35. The highest BCUT2D eigenvalue weighted by Crippen LogP contribution is 2.28. The average molecular weight is 458 g/mol. The largest absolute Gasteiger partial charge is 0.445 e. The van der Waals surface area contributed by atoms with Gasteiger partial charge >= 0.3 is 6.09 Å². The van der Waals surface area contributed by atoms with Crippen molar-refractivity contribution in [3.8, 4) is 11.1 Å². The molecule has 1 unspecified atom stereocenters. The maximum absolute atomic E-state index is 13.0. The maximum atomic E-state index is 13.0. The minimum Gasteiger partial charge on any atom is -0.445 e. The normalized spacial score (nSPS) is 15.5. The summed E-state index contributed by atoms with van der Waals surface area (Å²) in [5.74, 6) is -0.195. The van der Waals surface area contributed by atoms with E-state index < -0.39 is 12.1 Å². The molecule has 166 valence electrons. The number of hydrogen-bond donors (Lipinski definition) is 1. The Labute approximate surface area is 195 Å². The van der Waals surface area contributed by atoms with Crippen LogP contribution in [0.3, 0.4) is 0 Å².